The number of hydrogen-bond acceptors (Lipinski definition) is 9. The fourth-order valence-corrected chi connectivity index (χ4v) is 5.80. The first-order valence-electron chi connectivity index (χ1n) is 11.8. The van der Waals surface area contributed by atoms with E-state index in [9.17, 15) is 13.2 Å². The molecule has 1 saturated heterocycles. The van der Waals surface area contributed by atoms with Gasteiger partial charge in [-0.05, 0) is 57.2 Å². The molecular weight excluding hydrogens is 500 g/mol. The second-order valence-corrected chi connectivity index (χ2v) is 10.6. The van der Waals surface area contributed by atoms with Gasteiger partial charge in [0.05, 0.1) is 23.7 Å². The van der Waals surface area contributed by atoms with E-state index in [1.165, 1.54) is 28.6 Å². The van der Waals surface area contributed by atoms with Gasteiger partial charge in [-0.25, -0.2) is 8.42 Å². The molecule has 5 rings (SSSR count). The minimum Gasteiger partial charge on any atom is -0.490 e. The molecule has 0 aliphatic carbocycles. The first kappa shape index (κ1) is 24.9. The maximum atomic E-state index is 13.0. The zero-order valence-electron chi connectivity index (χ0n) is 20.5. The van der Waals surface area contributed by atoms with Crippen molar-refractivity contribution in [1.82, 2.24) is 14.5 Å². The van der Waals surface area contributed by atoms with Crippen LogP contribution in [0.4, 0.5) is 6.01 Å². The molecule has 0 radical (unpaired) electrons. The third kappa shape index (κ3) is 5.08. The first-order valence-corrected chi connectivity index (χ1v) is 13.2. The van der Waals surface area contributed by atoms with Gasteiger partial charge in [-0.2, -0.15) is 4.31 Å². The Kier molecular flexibility index (Phi) is 6.71. The number of carbonyl (C=O) groups excluding carboxylic acids is 1. The predicted octanol–water partition coefficient (Wildman–Crippen LogP) is 3.93. The van der Waals surface area contributed by atoms with Crippen LogP contribution in [0.5, 0.6) is 5.75 Å². The number of amides is 1. The van der Waals surface area contributed by atoms with Gasteiger partial charge in [0.2, 0.25) is 10.0 Å². The highest BCUT2D eigenvalue weighted by Crippen LogP contribution is 2.33. The first-order chi connectivity index (χ1) is 17.7. The van der Waals surface area contributed by atoms with Crippen LogP contribution in [0, 0.1) is 0 Å². The number of benzene rings is 2. The summed E-state index contributed by atoms with van der Waals surface area (Å²) in [4.78, 5) is 12.8. The van der Waals surface area contributed by atoms with E-state index in [1.54, 1.807) is 12.1 Å². The number of hydrogen-bond donors (Lipinski definition) is 1. The Morgan fingerprint density at radius 1 is 1.08 bits per heavy atom. The molecule has 37 heavy (non-hydrogen) atoms. The van der Waals surface area contributed by atoms with Crippen LogP contribution in [0.1, 0.15) is 31.1 Å². The summed E-state index contributed by atoms with van der Waals surface area (Å²) in [5, 5.41) is 11.1. The van der Waals surface area contributed by atoms with Crippen LogP contribution in [0.15, 0.2) is 62.3 Å². The summed E-state index contributed by atoms with van der Waals surface area (Å²) in [6.45, 7) is 6.58. The number of carbonyl (C=O) groups is 1. The number of anilines is 1. The van der Waals surface area contributed by atoms with Gasteiger partial charge in [0, 0.05) is 24.0 Å². The third-order valence-corrected chi connectivity index (χ3v) is 7.65. The summed E-state index contributed by atoms with van der Waals surface area (Å²) in [5.41, 5.74) is 0.784. The van der Waals surface area contributed by atoms with E-state index >= 15 is 0 Å². The lowest BCUT2D eigenvalue weighted by molar-refractivity contribution is -0.0440. The van der Waals surface area contributed by atoms with Gasteiger partial charge in [0.25, 0.3) is 11.8 Å². The molecule has 0 bridgehead atoms. The topological polar surface area (TPSA) is 137 Å². The molecule has 1 aliphatic rings. The van der Waals surface area contributed by atoms with Crippen LogP contribution in [0.3, 0.4) is 0 Å². The van der Waals surface area contributed by atoms with E-state index in [4.69, 9.17) is 18.3 Å². The molecule has 2 unspecified atom stereocenters. The van der Waals surface area contributed by atoms with Crippen molar-refractivity contribution in [3.8, 4) is 17.4 Å². The fourth-order valence-electron chi connectivity index (χ4n) is 4.21. The maximum absolute atomic E-state index is 13.0. The number of nitrogens with one attached hydrogen (secondary N) is 1. The molecule has 2 aromatic carbocycles. The van der Waals surface area contributed by atoms with Crippen molar-refractivity contribution in [2.45, 2.75) is 37.9 Å². The summed E-state index contributed by atoms with van der Waals surface area (Å²) in [6, 6.07) is 12.8. The fraction of sp³-hybridized carbons (Fsp3) is 0.320. The Hall–Kier alpha value is -3.74. The van der Waals surface area contributed by atoms with Crippen LogP contribution >= 0.6 is 0 Å². The third-order valence-electron chi connectivity index (χ3n) is 5.80. The normalized spacial score (nSPS) is 18.7. The molecule has 2 atom stereocenters. The van der Waals surface area contributed by atoms with E-state index in [2.05, 4.69) is 15.5 Å². The molecule has 4 aromatic rings. The van der Waals surface area contributed by atoms with Gasteiger partial charge in [-0.1, -0.05) is 17.2 Å². The maximum Gasteiger partial charge on any atom is 0.322 e. The zero-order chi connectivity index (χ0) is 26.2. The summed E-state index contributed by atoms with van der Waals surface area (Å²) >= 11 is 0. The van der Waals surface area contributed by atoms with Crippen molar-refractivity contribution < 1.29 is 31.5 Å². The van der Waals surface area contributed by atoms with E-state index in [1.807, 2.05) is 32.9 Å². The smallest absolute Gasteiger partial charge is 0.322 e. The molecule has 194 valence electrons. The second-order valence-electron chi connectivity index (χ2n) is 8.69. The van der Waals surface area contributed by atoms with Gasteiger partial charge in [0.15, 0.2) is 17.1 Å². The number of aromatic nitrogens is 2. The van der Waals surface area contributed by atoms with Crippen molar-refractivity contribution in [3.63, 3.8) is 0 Å². The molecule has 1 aliphatic heterocycles. The summed E-state index contributed by atoms with van der Waals surface area (Å²) < 4.78 is 50.1. The Bertz CT molecular complexity index is 1520. The number of ether oxygens (including phenoxy) is 2. The number of sulfonamides is 1. The highest BCUT2D eigenvalue weighted by atomic mass is 32.2. The number of para-hydroxylation sites is 1. The number of nitrogens with zero attached hydrogens (tertiary/aromatic N) is 3. The summed E-state index contributed by atoms with van der Waals surface area (Å²) in [6.07, 6.45) is -0.400. The minimum atomic E-state index is -3.71. The van der Waals surface area contributed by atoms with E-state index < -0.39 is 15.9 Å². The highest BCUT2D eigenvalue weighted by molar-refractivity contribution is 7.89. The van der Waals surface area contributed by atoms with Gasteiger partial charge < -0.3 is 18.3 Å². The molecule has 3 heterocycles. The molecule has 1 fully saturated rings. The van der Waals surface area contributed by atoms with E-state index in [-0.39, 0.29) is 47.7 Å². The van der Waals surface area contributed by atoms with Crippen LogP contribution in [0.2, 0.25) is 0 Å². The number of fused-ring (bicyclic) bond motifs is 1. The Balaban J connectivity index is 1.29. The quantitative estimate of drug-likeness (QED) is 0.380. The van der Waals surface area contributed by atoms with Gasteiger partial charge in [-0.3, -0.25) is 10.1 Å². The van der Waals surface area contributed by atoms with Crippen molar-refractivity contribution in [1.29, 1.82) is 0 Å². The largest absolute Gasteiger partial charge is 0.490 e. The van der Waals surface area contributed by atoms with Crippen molar-refractivity contribution in [2.24, 2.45) is 0 Å². The van der Waals surface area contributed by atoms with E-state index in [0.29, 0.717) is 23.7 Å². The Morgan fingerprint density at radius 3 is 2.51 bits per heavy atom. The molecule has 0 spiro atoms. The average Bonchev–Trinajstić information content (AvgIpc) is 3.51. The highest BCUT2D eigenvalue weighted by Gasteiger charge is 2.32. The number of rotatable bonds is 7. The molecule has 0 saturated carbocycles. The predicted molar refractivity (Wildman–Crippen MR) is 134 cm³/mol. The Labute approximate surface area is 213 Å². The molecule has 12 heteroatoms. The standard InChI is InChI=1S/C25H26N4O7S/c1-4-33-20-7-5-6-18-12-21(35-22(18)20)24-27-28-25(36-24)26-23(30)17-8-10-19(11-9-17)37(31,32)29-13-15(2)34-16(3)14-29/h5-12,15-16H,4,13-14H2,1-3H3,(H,26,28,30). The van der Waals surface area contributed by atoms with Crippen LogP contribution < -0.4 is 10.1 Å². The molecular formula is C25H26N4O7S. The molecule has 1 N–H and O–H groups in total. The minimum absolute atomic E-state index is 0.0874. The van der Waals surface area contributed by atoms with Crippen molar-refractivity contribution in [2.75, 3.05) is 25.0 Å². The lowest BCUT2D eigenvalue weighted by Gasteiger charge is -2.34. The average molecular weight is 527 g/mol. The molecule has 2 aromatic heterocycles. The number of furan rings is 1. The van der Waals surface area contributed by atoms with Crippen LogP contribution in [-0.4, -0.2) is 60.7 Å². The van der Waals surface area contributed by atoms with E-state index in [0.717, 1.165) is 5.39 Å². The second kappa shape index (κ2) is 9.96. The van der Waals surface area contributed by atoms with Crippen molar-refractivity contribution in [3.05, 3.63) is 54.1 Å². The van der Waals surface area contributed by atoms with Gasteiger partial charge in [-0.15, -0.1) is 5.10 Å². The molecule has 11 nitrogen and oxygen atoms in total. The van der Waals surface area contributed by atoms with Crippen LogP contribution in [-0.2, 0) is 14.8 Å². The SMILES string of the molecule is CCOc1cccc2cc(-c3nnc(NC(=O)c4ccc(S(=O)(=O)N5CC(C)OC(C)C5)cc4)o3)oc12. The van der Waals surface area contributed by atoms with Crippen molar-refractivity contribution >= 4 is 32.9 Å². The lowest BCUT2D eigenvalue weighted by atomic mass is 10.2. The van der Waals surface area contributed by atoms with Crippen LogP contribution in [0.25, 0.3) is 22.6 Å². The zero-order valence-corrected chi connectivity index (χ0v) is 21.3. The summed E-state index contributed by atoms with van der Waals surface area (Å²) in [7, 11) is -3.71. The lowest BCUT2D eigenvalue weighted by Crippen LogP contribution is -2.48. The molecule has 1 amide bonds. The Morgan fingerprint density at radius 2 is 1.81 bits per heavy atom. The number of morpholine rings is 1. The van der Waals surface area contributed by atoms with Gasteiger partial charge in [0.1, 0.15) is 0 Å². The van der Waals surface area contributed by atoms with Gasteiger partial charge >= 0.3 is 6.01 Å². The summed E-state index contributed by atoms with van der Waals surface area (Å²) in [5.74, 6) is 0.485. The monoisotopic (exact) mass is 526 g/mol.